The standard InChI is InChI=1S/C18H22F3N3O/c1-11-3-4-16-15(7-11)14(12(2)22-16)8-17(25)23-13-5-6-24(9-13)10-18(19,20)21/h3-4,7,13,22H,5-6,8-10H2,1-2H3,(H,23,25)/t13-/m1/s1. The van der Waals surface area contributed by atoms with Gasteiger partial charge in [0.25, 0.3) is 0 Å². The van der Waals surface area contributed by atoms with E-state index in [0.717, 1.165) is 27.7 Å². The van der Waals surface area contributed by atoms with Crippen LogP contribution in [0, 0.1) is 13.8 Å². The first-order chi connectivity index (χ1) is 11.7. The van der Waals surface area contributed by atoms with Crippen molar-refractivity contribution in [2.45, 2.75) is 38.9 Å². The quantitative estimate of drug-likeness (QED) is 0.887. The van der Waals surface area contributed by atoms with E-state index in [-0.39, 0.29) is 24.9 Å². The molecule has 1 saturated heterocycles. The summed E-state index contributed by atoms with van der Waals surface area (Å²) in [5.41, 5.74) is 4.00. The molecular weight excluding hydrogens is 331 g/mol. The number of hydrogen-bond donors (Lipinski definition) is 2. The third-order valence-corrected chi connectivity index (χ3v) is 4.65. The van der Waals surface area contributed by atoms with Gasteiger partial charge in [-0.05, 0) is 38.0 Å². The highest BCUT2D eigenvalue weighted by Crippen LogP contribution is 2.24. The second-order valence-corrected chi connectivity index (χ2v) is 6.86. The molecule has 0 bridgehead atoms. The number of benzene rings is 1. The Hall–Kier alpha value is -2.02. The van der Waals surface area contributed by atoms with E-state index in [2.05, 4.69) is 10.3 Å². The molecule has 7 heteroatoms. The van der Waals surface area contributed by atoms with E-state index in [1.54, 1.807) is 0 Å². The van der Waals surface area contributed by atoms with Crippen LogP contribution < -0.4 is 5.32 Å². The van der Waals surface area contributed by atoms with Gasteiger partial charge in [0.1, 0.15) is 0 Å². The number of carbonyl (C=O) groups is 1. The van der Waals surface area contributed by atoms with Crippen molar-refractivity contribution in [1.29, 1.82) is 0 Å². The zero-order valence-corrected chi connectivity index (χ0v) is 14.3. The summed E-state index contributed by atoms with van der Waals surface area (Å²) in [5.74, 6) is -0.149. The number of H-pyrrole nitrogens is 1. The van der Waals surface area contributed by atoms with Crippen molar-refractivity contribution in [1.82, 2.24) is 15.2 Å². The summed E-state index contributed by atoms with van der Waals surface area (Å²) in [6.07, 6.45) is -3.42. The van der Waals surface area contributed by atoms with Crippen LogP contribution in [0.5, 0.6) is 0 Å². The van der Waals surface area contributed by atoms with Crippen molar-refractivity contribution < 1.29 is 18.0 Å². The Labute approximate surface area is 144 Å². The van der Waals surface area contributed by atoms with Gasteiger partial charge in [-0.15, -0.1) is 0 Å². The first kappa shape index (κ1) is 17.8. The van der Waals surface area contributed by atoms with E-state index in [0.29, 0.717) is 13.0 Å². The molecule has 1 aromatic carbocycles. The van der Waals surface area contributed by atoms with Crippen molar-refractivity contribution in [3.05, 3.63) is 35.0 Å². The van der Waals surface area contributed by atoms with Crippen LogP contribution in [0.25, 0.3) is 10.9 Å². The van der Waals surface area contributed by atoms with Gasteiger partial charge >= 0.3 is 6.18 Å². The summed E-state index contributed by atoms with van der Waals surface area (Å²) in [6.45, 7) is 3.62. The zero-order chi connectivity index (χ0) is 18.2. The molecular formula is C18H22F3N3O. The van der Waals surface area contributed by atoms with Crippen molar-refractivity contribution in [2.75, 3.05) is 19.6 Å². The summed E-state index contributed by atoms with van der Waals surface area (Å²) in [5, 5.41) is 3.90. The number of carbonyl (C=O) groups excluding carboxylic acids is 1. The summed E-state index contributed by atoms with van der Waals surface area (Å²) in [7, 11) is 0. The molecule has 0 spiro atoms. The van der Waals surface area contributed by atoms with Crippen LogP contribution in [-0.2, 0) is 11.2 Å². The molecule has 0 saturated carbocycles. The van der Waals surface area contributed by atoms with Crippen LogP contribution >= 0.6 is 0 Å². The molecule has 1 amide bonds. The molecule has 0 unspecified atom stereocenters. The third-order valence-electron chi connectivity index (χ3n) is 4.65. The Morgan fingerprint density at radius 1 is 1.36 bits per heavy atom. The molecule has 4 nitrogen and oxygen atoms in total. The summed E-state index contributed by atoms with van der Waals surface area (Å²) >= 11 is 0. The number of aromatic nitrogens is 1. The number of fused-ring (bicyclic) bond motifs is 1. The average molecular weight is 353 g/mol. The minimum atomic E-state index is -4.20. The Balaban J connectivity index is 1.62. The van der Waals surface area contributed by atoms with Crippen LogP contribution in [0.15, 0.2) is 18.2 Å². The monoisotopic (exact) mass is 353 g/mol. The van der Waals surface area contributed by atoms with E-state index in [4.69, 9.17) is 0 Å². The van der Waals surface area contributed by atoms with Gasteiger partial charge in [0.15, 0.2) is 0 Å². The van der Waals surface area contributed by atoms with Gasteiger partial charge in [0.05, 0.1) is 13.0 Å². The number of likely N-dealkylation sites (tertiary alicyclic amines) is 1. The summed E-state index contributed by atoms with van der Waals surface area (Å²) in [4.78, 5) is 17.0. The number of nitrogens with one attached hydrogen (secondary N) is 2. The number of rotatable bonds is 4. The number of nitrogens with zero attached hydrogens (tertiary/aromatic N) is 1. The molecule has 1 aliphatic heterocycles. The molecule has 0 radical (unpaired) electrons. The fourth-order valence-corrected chi connectivity index (χ4v) is 3.51. The van der Waals surface area contributed by atoms with Gasteiger partial charge in [-0.2, -0.15) is 13.2 Å². The second kappa shape index (κ2) is 6.71. The van der Waals surface area contributed by atoms with E-state index in [1.165, 1.54) is 4.90 Å². The second-order valence-electron chi connectivity index (χ2n) is 6.86. The van der Waals surface area contributed by atoms with E-state index in [1.807, 2.05) is 32.0 Å². The lowest BCUT2D eigenvalue weighted by Gasteiger charge is -2.18. The topological polar surface area (TPSA) is 48.1 Å². The number of amides is 1. The van der Waals surface area contributed by atoms with Gasteiger partial charge in [-0.3, -0.25) is 9.69 Å². The number of halogens is 3. The molecule has 1 aromatic heterocycles. The van der Waals surface area contributed by atoms with Crippen LogP contribution in [0.2, 0.25) is 0 Å². The lowest BCUT2D eigenvalue weighted by atomic mass is 10.1. The van der Waals surface area contributed by atoms with Crippen molar-refractivity contribution >= 4 is 16.8 Å². The van der Waals surface area contributed by atoms with Gasteiger partial charge in [0.2, 0.25) is 5.91 Å². The molecule has 1 atom stereocenters. The Bertz CT molecular complexity index is 782. The van der Waals surface area contributed by atoms with E-state index in [9.17, 15) is 18.0 Å². The van der Waals surface area contributed by atoms with Crippen molar-refractivity contribution in [2.24, 2.45) is 0 Å². The SMILES string of the molecule is Cc1ccc2[nH]c(C)c(CC(=O)N[C@@H]3CCN(CC(F)(F)F)C3)c2c1. The summed E-state index contributed by atoms with van der Waals surface area (Å²) < 4.78 is 37.3. The fourth-order valence-electron chi connectivity index (χ4n) is 3.51. The molecule has 2 heterocycles. The minimum Gasteiger partial charge on any atom is -0.358 e. The van der Waals surface area contributed by atoms with Gasteiger partial charge in [-0.25, -0.2) is 0 Å². The maximum Gasteiger partial charge on any atom is 0.401 e. The molecule has 25 heavy (non-hydrogen) atoms. The van der Waals surface area contributed by atoms with Crippen molar-refractivity contribution in [3.63, 3.8) is 0 Å². The first-order valence-corrected chi connectivity index (χ1v) is 8.37. The van der Waals surface area contributed by atoms with Gasteiger partial charge < -0.3 is 10.3 Å². The normalized spacial score (nSPS) is 18.8. The Kier molecular flexibility index (Phi) is 4.77. The predicted molar refractivity (Wildman–Crippen MR) is 90.5 cm³/mol. The Morgan fingerprint density at radius 2 is 2.12 bits per heavy atom. The maximum atomic E-state index is 12.4. The lowest BCUT2D eigenvalue weighted by molar-refractivity contribution is -0.143. The maximum absolute atomic E-state index is 12.4. The highest BCUT2D eigenvalue weighted by molar-refractivity contribution is 5.90. The van der Waals surface area contributed by atoms with Gasteiger partial charge in [-0.1, -0.05) is 11.6 Å². The number of hydrogen-bond acceptors (Lipinski definition) is 2. The minimum absolute atomic E-state index is 0.149. The average Bonchev–Trinajstić information content (AvgIpc) is 3.03. The molecule has 2 aromatic rings. The van der Waals surface area contributed by atoms with Crippen LogP contribution in [0.4, 0.5) is 13.2 Å². The molecule has 2 N–H and O–H groups in total. The van der Waals surface area contributed by atoms with E-state index >= 15 is 0 Å². The number of aromatic amines is 1. The number of alkyl halides is 3. The first-order valence-electron chi connectivity index (χ1n) is 8.37. The largest absolute Gasteiger partial charge is 0.401 e. The smallest absolute Gasteiger partial charge is 0.358 e. The summed E-state index contributed by atoms with van der Waals surface area (Å²) in [6, 6.07) is 5.82. The highest BCUT2D eigenvalue weighted by Gasteiger charge is 2.34. The molecule has 1 fully saturated rings. The fraction of sp³-hybridized carbons (Fsp3) is 0.500. The van der Waals surface area contributed by atoms with Crippen LogP contribution in [0.3, 0.4) is 0 Å². The van der Waals surface area contributed by atoms with Crippen LogP contribution in [0.1, 0.15) is 23.2 Å². The highest BCUT2D eigenvalue weighted by atomic mass is 19.4. The van der Waals surface area contributed by atoms with Crippen LogP contribution in [-0.4, -0.2) is 47.6 Å². The lowest BCUT2D eigenvalue weighted by Crippen LogP contribution is -2.39. The molecule has 3 rings (SSSR count). The molecule has 1 aliphatic rings. The molecule has 136 valence electrons. The Morgan fingerprint density at radius 3 is 2.84 bits per heavy atom. The van der Waals surface area contributed by atoms with E-state index < -0.39 is 12.7 Å². The number of aryl methyl sites for hydroxylation is 2. The predicted octanol–water partition coefficient (Wildman–Crippen LogP) is 3.08. The van der Waals surface area contributed by atoms with Crippen molar-refractivity contribution in [3.8, 4) is 0 Å². The zero-order valence-electron chi connectivity index (χ0n) is 14.3. The van der Waals surface area contributed by atoms with Gasteiger partial charge in [0, 0.05) is 35.7 Å². The third kappa shape index (κ3) is 4.34. The molecule has 0 aliphatic carbocycles.